The first kappa shape index (κ1) is 16.1. The lowest BCUT2D eigenvalue weighted by atomic mass is 9.84. The molecule has 0 N–H and O–H groups in total. The summed E-state index contributed by atoms with van der Waals surface area (Å²) in [6.07, 6.45) is 0.253. The van der Waals surface area contributed by atoms with Crippen LogP contribution in [0.1, 0.15) is 23.5 Å². The molecule has 5 heteroatoms. The number of carbonyl (C=O) groups is 2. The van der Waals surface area contributed by atoms with Crippen molar-refractivity contribution in [3.8, 4) is 0 Å². The number of hydrogen-bond acceptors (Lipinski definition) is 3. The summed E-state index contributed by atoms with van der Waals surface area (Å²) < 4.78 is 6.17. The maximum Gasteiger partial charge on any atom is 0.336 e. The van der Waals surface area contributed by atoms with E-state index in [1.54, 1.807) is 4.90 Å². The average Bonchev–Trinajstić information content (AvgIpc) is 2.96. The molecule has 0 saturated heterocycles. The van der Waals surface area contributed by atoms with E-state index in [1.165, 1.54) is 0 Å². The molecule has 0 unspecified atom stereocenters. The molecule has 0 saturated carbocycles. The Morgan fingerprint density at radius 3 is 2.60 bits per heavy atom. The number of anilines is 1. The third-order valence-corrected chi connectivity index (χ3v) is 5.16. The maximum absolute atomic E-state index is 12.9. The van der Waals surface area contributed by atoms with E-state index in [-0.39, 0.29) is 30.8 Å². The second-order valence-corrected chi connectivity index (χ2v) is 7.23. The summed E-state index contributed by atoms with van der Waals surface area (Å²) in [6, 6.07) is 15.5. The first-order valence-electron chi connectivity index (χ1n) is 8.10. The van der Waals surface area contributed by atoms with Crippen LogP contribution >= 0.6 is 15.9 Å². The average molecular weight is 398 g/mol. The van der Waals surface area contributed by atoms with Crippen LogP contribution in [-0.4, -0.2) is 18.5 Å². The number of amides is 1. The fourth-order valence-corrected chi connectivity index (χ4v) is 3.84. The molecule has 2 aromatic carbocycles. The molecular weight excluding hydrogens is 382 g/mol. The largest absolute Gasteiger partial charge is 0.456 e. The first-order chi connectivity index (χ1) is 12.0. The van der Waals surface area contributed by atoms with Gasteiger partial charge in [0, 0.05) is 22.5 Å². The molecule has 2 aliphatic heterocycles. The molecule has 0 bridgehead atoms. The Labute approximate surface area is 154 Å². The summed E-state index contributed by atoms with van der Waals surface area (Å²) in [5.74, 6) is -0.602. The fraction of sp³-hybridized carbons (Fsp3) is 0.200. The van der Waals surface area contributed by atoms with E-state index in [1.807, 2.05) is 55.5 Å². The van der Waals surface area contributed by atoms with Crippen molar-refractivity contribution >= 4 is 33.5 Å². The van der Waals surface area contributed by atoms with Gasteiger partial charge < -0.3 is 4.74 Å². The first-order valence-corrected chi connectivity index (χ1v) is 8.89. The molecule has 2 aromatic rings. The zero-order chi connectivity index (χ0) is 17.6. The van der Waals surface area contributed by atoms with E-state index in [0.29, 0.717) is 11.3 Å². The Kier molecular flexibility index (Phi) is 3.96. The minimum absolute atomic E-state index is 0.0271. The van der Waals surface area contributed by atoms with Gasteiger partial charge in [-0.2, -0.15) is 0 Å². The number of hydrogen-bond donors (Lipinski definition) is 0. The van der Waals surface area contributed by atoms with Gasteiger partial charge in [-0.1, -0.05) is 51.8 Å². The molecule has 1 amide bonds. The number of rotatable bonds is 2. The molecule has 25 heavy (non-hydrogen) atoms. The second-order valence-electron chi connectivity index (χ2n) is 6.31. The summed E-state index contributed by atoms with van der Waals surface area (Å²) in [7, 11) is 0. The Balaban J connectivity index is 1.83. The van der Waals surface area contributed by atoms with E-state index < -0.39 is 0 Å². The molecule has 126 valence electrons. The van der Waals surface area contributed by atoms with Crippen LogP contribution in [0.25, 0.3) is 0 Å². The van der Waals surface area contributed by atoms with E-state index in [0.717, 1.165) is 21.3 Å². The zero-order valence-corrected chi connectivity index (χ0v) is 15.2. The molecule has 0 radical (unpaired) electrons. The number of carbonyl (C=O) groups excluding carboxylic acids is 2. The van der Waals surface area contributed by atoms with E-state index in [4.69, 9.17) is 4.74 Å². The van der Waals surface area contributed by atoms with Crippen molar-refractivity contribution in [2.24, 2.45) is 0 Å². The third-order valence-electron chi connectivity index (χ3n) is 4.66. The number of cyclic esters (lactones) is 1. The number of benzene rings is 2. The summed E-state index contributed by atoms with van der Waals surface area (Å²) in [5, 5.41) is 0. The molecule has 0 aliphatic carbocycles. The van der Waals surface area contributed by atoms with Crippen molar-refractivity contribution in [3.05, 3.63) is 75.4 Å². The predicted octanol–water partition coefficient (Wildman–Crippen LogP) is 4.09. The van der Waals surface area contributed by atoms with Gasteiger partial charge in [0.25, 0.3) is 0 Å². The lowest BCUT2D eigenvalue weighted by Crippen LogP contribution is -2.37. The van der Waals surface area contributed by atoms with Crippen LogP contribution < -0.4 is 4.90 Å². The van der Waals surface area contributed by atoms with Gasteiger partial charge in [-0.25, -0.2) is 4.79 Å². The van der Waals surface area contributed by atoms with Crippen LogP contribution in [0.5, 0.6) is 0 Å². The number of ether oxygens (including phenoxy) is 1. The van der Waals surface area contributed by atoms with Crippen LogP contribution in [0.3, 0.4) is 0 Å². The lowest BCUT2D eigenvalue weighted by Gasteiger charge is -2.32. The second kappa shape index (κ2) is 6.15. The number of esters is 1. The van der Waals surface area contributed by atoms with E-state index in [2.05, 4.69) is 15.9 Å². The number of aryl methyl sites for hydroxylation is 1. The third kappa shape index (κ3) is 2.78. The number of halogens is 1. The quantitative estimate of drug-likeness (QED) is 0.716. The van der Waals surface area contributed by atoms with Crippen molar-refractivity contribution in [2.45, 2.75) is 19.3 Å². The highest BCUT2D eigenvalue weighted by Gasteiger charge is 2.42. The number of nitrogens with zero attached hydrogens (tertiary/aromatic N) is 1. The predicted molar refractivity (Wildman–Crippen MR) is 98.2 cm³/mol. The Morgan fingerprint density at radius 2 is 1.88 bits per heavy atom. The molecule has 4 rings (SSSR count). The van der Waals surface area contributed by atoms with Gasteiger partial charge in [0.15, 0.2) is 0 Å². The van der Waals surface area contributed by atoms with Crippen LogP contribution in [-0.2, 0) is 14.3 Å². The summed E-state index contributed by atoms with van der Waals surface area (Å²) in [5.41, 5.74) is 4.12. The molecule has 1 atom stereocenters. The minimum atomic E-state index is -0.326. The van der Waals surface area contributed by atoms with Gasteiger partial charge in [-0.15, -0.1) is 0 Å². The molecule has 2 aliphatic rings. The molecular formula is C20H16BrNO3. The molecule has 0 aromatic heterocycles. The molecule has 0 spiro atoms. The summed E-state index contributed by atoms with van der Waals surface area (Å²) in [6.45, 7) is 2.15. The highest BCUT2D eigenvalue weighted by atomic mass is 79.9. The Bertz CT molecular complexity index is 901. The SMILES string of the molecule is Cc1ccc([C@@H]2CC(=O)N(c3cccc(Br)c3)C3=C2C(=O)OC3)cc1. The van der Waals surface area contributed by atoms with Crippen molar-refractivity contribution < 1.29 is 14.3 Å². The highest BCUT2D eigenvalue weighted by Crippen LogP contribution is 2.42. The Morgan fingerprint density at radius 1 is 1.12 bits per heavy atom. The van der Waals surface area contributed by atoms with E-state index in [9.17, 15) is 9.59 Å². The standard InChI is InChI=1S/C20H16BrNO3/c1-12-5-7-13(8-6-12)16-10-18(23)22(15-4-2-3-14(21)9-15)17-11-25-20(24)19(16)17/h2-9,16H,10-11H2,1H3/t16-/m0/s1. The van der Waals surface area contributed by atoms with Crippen LogP contribution in [0.15, 0.2) is 64.3 Å². The van der Waals surface area contributed by atoms with Crippen molar-refractivity contribution in [3.63, 3.8) is 0 Å². The monoisotopic (exact) mass is 397 g/mol. The van der Waals surface area contributed by atoms with Crippen molar-refractivity contribution in [1.82, 2.24) is 0 Å². The van der Waals surface area contributed by atoms with Crippen molar-refractivity contribution in [1.29, 1.82) is 0 Å². The highest BCUT2D eigenvalue weighted by molar-refractivity contribution is 9.10. The van der Waals surface area contributed by atoms with Crippen molar-refractivity contribution in [2.75, 3.05) is 11.5 Å². The van der Waals surface area contributed by atoms with Crippen LogP contribution in [0, 0.1) is 6.92 Å². The zero-order valence-electron chi connectivity index (χ0n) is 13.7. The van der Waals surface area contributed by atoms with Crippen LogP contribution in [0.2, 0.25) is 0 Å². The lowest BCUT2D eigenvalue weighted by molar-refractivity contribution is -0.136. The van der Waals surface area contributed by atoms with Gasteiger partial charge in [0.05, 0.1) is 11.3 Å². The van der Waals surface area contributed by atoms with Gasteiger partial charge >= 0.3 is 5.97 Å². The van der Waals surface area contributed by atoms with Gasteiger partial charge in [0.2, 0.25) is 5.91 Å². The maximum atomic E-state index is 12.9. The van der Waals surface area contributed by atoms with Gasteiger partial charge in [-0.05, 0) is 30.7 Å². The molecule has 4 nitrogen and oxygen atoms in total. The Hall–Kier alpha value is -2.40. The summed E-state index contributed by atoms with van der Waals surface area (Å²) >= 11 is 3.44. The minimum Gasteiger partial charge on any atom is -0.456 e. The molecule has 2 heterocycles. The topological polar surface area (TPSA) is 46.6 Å². The normalized spacial score (nSPS) is 19.9. The van der Waals surface area contributed by atoms with Gasteiger partial charge in [0.1, 0.15) is 6.61 Å². The van der Waals surface area contributed by atoms with E-state index >= 15 is 0 Å². The molecule has 0 fully saturated rings. The summed E-state index contributed by atoms with van der Waals surface area (Å²) in [4.78, 5) is 26.9. The smallest absolute Gasteiger partial charge is 0.336 e. The van der Waals surface area contributed by atoms with Crippen LogP contribution in [0.4, 0.5) is 5.69 Å². The van der Waals surface area contributed by atoms with Gasteiger partial charge in [-0.3, -0.25) is 9.69 Å². The fourth-order valence-electron chi connectivity index (χ4n) is 3.45.